The van der Waals surface area contributed by atoms with Crippen LogP contribution in [0.15, 0.2) is 84.2 Å². The van der Waals surface area contributed by atoms with Crippen LogP contribution in [0.5, 0.6) is 5.75 Å². The van der Waals surface area contributed by atoms with Crippen LogP contribution in [-0.4, -0.2) is 87.0 Å². The number of fused-ring (bicyclic) bond motifs is 1. The Kier molecular flexibility index (Phi) is 11.2. The number of carbonyl (C=O) groups is 3. The summed E-state index contributed by atoms with van der Waals surface area (Å²) in [4.78, 5) is 47.7. The number of piperazine rings is 1. The molecule has 2 aliphatic heterocycles. The van der Waals surface area contributed by atoms with E-state index in [-0.39, 0.29) is 17.7 Å². The number of carbonyl (C=O) groups excluding carboxylic acids is 3. The number of rotatable bonds is 11. The number of aryl methyl sites for hydroxylation is 1. The highest BCUT2D eigenvalue weighted by molar-refractivity contribution is 7.10. The van der Waals surface area contributed by atoms with Crippen molar-refractivity contribution in [3.63, 3.8) is 0 Å². The molecule has 4 aromatic rings. The van der Waals surface area contributed by atoms with Crippen molar-refractivity contribution >= 4 is 40.4 Å². The molecule has 1 aromatic heterocycles. The molecule has 9 nitrogen and oxygen atoms in total. The molecular weight excluding hydrogens is 623 g/mol. The van der Waals surface area contributed by atoms with E-state index >= 15 is 0 Å². The van der Waals surface area contributed by atoms with Gasteiger partial charge in [0.15, 0.2) is 0 Å². The third-order valence-electron chi connectivity index (χ3n) is 8.89. The van der Waals surface area contributed by atoms with E-state index in [1.807, 2.05) is 64.9 Å². The van der Waals surface area contributed by atoms with E-state index in [2.05, 4.69) is 27.5 Å². The van der Waals surface area contributed by atoms with E-state index in [0.29, 0.717) is 55.2 Å². The van der Waals surface area contributed by atoms with Crippen molar-refractivity contribution in [3.8, 4) is 16.9 Å². The number of amides is 3. The molecule has 3 amide bonds. The van der Waals surface area contributed by atoms with Crippen molar-refractivity contribution in [2.45, 2.75) is 25.7 Å². The standard InChI is InChI=1S/C38H43N5O4S/c1-41-20-22-42(23-21-41)27-36(44)39-18-9-24-47-34-26-29(38(46)43-19-8-7-14-35-33(43)17-25-48-35)15-16-32(34)40-37(45)31-13-6-5-12-30(31)28-10-3-2-4-11-28/h2-6,10-13,15-17,25-26H,7-9,14,18-24,27H2,1H3,(H,39,44)(H,40,45). The third-order valence-corrected chi connectivity index (χ3v) is 9.86. The molecule has 2 N–H and O–H groups in total. The maximum atomic E-state index is 13.9. The number of nitrogens with one attached hydrogen (secondary N) is 2. The normalized spacial score (nSPS) is 15.3. The quantitative estimate of drug-likeness (QED) is 0.197. The number of benzene rings is 3. The molecule has 0 saturated carbocycles. The maximum absolute atomic E-state index is 13.9. The molecule has 6 rings (SSSR count). The summed E-state index contributed by atoms with van der Waals surface area (Å²) in [6.07, 6.45) is 3.53. The van der Waals surface area contributed by atoms with Gasteiger partial charge in [0.2, 0.25) is 5.91 Å². The molecule has 3 heterocycles. The largest absolute Gasteiger partial charge is 0.491 e. The molecule has 1 saturated heterocycles. The van der Waals surface area contributed by atoms with Crippen molar-refractivity contribution < 1.29 is 19.1 Å². The lowest BCUT2D eigenvalue weighted by atomic mass is 9.99. The molecule has 0 unspecified atom stereocenters. The van der Waals surface area contributed by atoms with Gasteiger partial charge in [0.25, 0.3) is 11.8 Å². The van der Waals surface area contributed by atoms with Crippen molar-refractivity contribution in [1.29, 1.82) is 0 Å². The van der Waals surface area contributed by atoms with Gasteiger partial charge in [0, 0.05) is 55.3 Å². The van der Waals surface area contributed by atoms with Gasteiger partial charge < -0.3 is 25.2 Å². The zero-order valence-corrected chi connectivity index (χ0v) is 28.3. The van der Waals surface area contributed by atoms with Gasteiger partial charge in [0.1, 0.15) is 5.75 Å². The second-order valence-corrected chi connectivity index (χ2v) is 13.4. The fraction of sp³-hybridized carbons (Fsp3) is 0.342. The second kappa shape index (κ2) is 16.1. The summed E-state index contributed by atoms with van der Waals surface area (Å²) in [7, 11) is 2.10. The first-order valence-corrected chi connectivity index (χ1v) is 17.6. The van der Waals surface area contributed by atoms with Gasteiger partial charge in [-0.25, -0.2) is 0 Å². The minimum absolute atomic E-state index is 0.00225. The van der Waals surface area contributed by atoms with Crippen LogP contribution in [0.3, 0.4) is 0 Å². The number of likely N-dealkylation sites (N-methyl/N-ethyl adjacent to an activating group) is 1. The SMILES string of the molecule is CN1CCN(CC(=O)NCCCOc2cc(C(=O)N3CCCCc4sccc43)ccc2NC(=O)c2ccccc2-c2ccccc2)CC1. The monoisotopic (exact) mass is 665 g/mol. The number of hydrogen-bond acceptors (Lipinski definition) is 7. The van der Waals surface area contributed by atoms with Crippen molar-refractivity contribution in [1.82, 2.24) is 15.1 Å². The number of hydrogen-bond donors (Lipinski definition) is 2. The van der Waals surface area contributed by atoms with Crippen LogP contribution < -0.4 is 20.3 Å². The fourth-order valence-corrected chi connectivity index (χ4v) is 7.09. The van der Waals surface area contributed by atoms with Gasteiger partial charge in [0.05, 0.1) is 24.5 Å². The highest BCUT2D eigenvalue weighted by Gasteiger charge is 2.25. The summed E-state index contributed by atoms with van der Waals surface area (Å²) in [5.41, 5.74) is 4.25. The van der Waals surface area contributed by atoms with Crippen LogP contribution in [0.4, 0.5) is 11.4 Å². The van der Waals surface area contributed by atoms with Gasteiger partial charge in [-0.05, 0) is 79.6 Å². The minimum atomic E-state index is -0.273. The Labute approximate surface area is 286 Å². The first kappa shape index (κ1) is 33.4. The molecule has 3 aromatic carbocycles. The third kappa shape index (κ3) is 8.31. The van der Waals surface area contributed by atoms with Crippen molar-refractivity contribution in [2.24, 2.45) is 0 Å². The second-order valence-electron chi connectivity index (χ2n) is 12.4. The molecule has 10 heteroatoms. The van der Waals surface area contributed by atoms with Gasteiger partial charge in [-0.15, -0.1) is 11.3 Å². The van der Waals surface area contributed by atoms with Crippen LogP contribution in [-0.2, 0) is 11.2 Å². The molecule has 48 heavy (non-hydrogen) atoms. The number of nitrogens with zero attached hydrogens (tertiary/aromatic N) is 3. The minimum Gasteiger partial charge on any atom is -0.491 e. The highest BCUT2D eigenvalue weighted by atomic mass is 32.1. The highest BCUT2D eigenvalue weighted by Crippen LogP contribution is 2.34. The Bertz CT molecular complexity index is 1720. The molecule has 0 atom stereocenters. The Morgan fingerprint density at radius 2 is 1.67 bits per heavy atom. The van der Waals surface area contributed by atoms with E-state index in [1.165, 1.54) is 4.88 Å². The summed E-state index contributed by atoms with van der Waals surface area (Å²) in [5, 5.41) is 8.09. The van der Waals surface area contributed by atoms with Crippen molar-refractivity contribution in [2.75, 3.05) is 69.7 Å². The number of thiophene rings is 1. The fourth-order valence-electron chi connectivity index (χ4n) is 6.17. The van der Waals surface area contributed by atoms with Crippen LogP contribution in [0.2, 0.25) is 0 Å². The summed E-state index contributed by atoms with van der Waals surface area (Å²) in [5.74, 6) is 0.0489. The van der Waals surface area contributed by atoms with Gasteiger partial charge in [-0.3, -0.25) is 19.3 Å². The van der Waals surface area contributed by atoms with Crippen molar-refractivity contribution in [3.05, 3.63) is 100 Å². The predicted octanol–water partition coefficient (Wildman–Crippen LogP) is 5.78. The molecular formula is C38H43N5O4S. The average molecular weight is 666 g/mol. The van der Waals surface area contributed by atoms with Crippen LogP contribution in [0.25, 0.3) is 11.1 Å². The lowest BCUT2D eigenvalue weighted by molar-refractivity contribution is -0.122. The number of anilines is 2. The summed E-state index contributed by atoms with van der Waals surface area (Å²) in [6, 6.07) is 24.5. The summed E-state index contributed by atoms with van der Waals surface area (Å²) < 4.78 is 6.24. The molecule has 0 radical (unpaired) electrons. The molecule has 250 valence electrons. The van der Waals surface area contributed by atoms with E-state index in [0.717, 1.165) is 62.3 Å². The average Bonchev–Trinajstić information content (AvgIpc) is 3.48. The summed E-state index contributed by atoms with van der Waals surface area (Å²) in [6.45, 7) is 5.51. The van der Waals surface area contributed by atoms with Crippen LogP contribution in [0.1, 0.15) is 44.9 Å². The predicted molar refractivity (Wildman–Crippen MR) is 192 cm³/mol. The molecule has 0 aliphatic carbocycles. The molecule has 2 aliphatic rings. The molecule has 0 bridgehead atoms. The Hall–Kier alpha value is -4.51. The lowest BCUT2D eigenvalue weighted by Gasteiger charge is -2.31. The van der Waals surface area contributed by atoms with E-state index in [1.54, 1.807) is 35.6 Å². The maximum Gasteiger partial charge on any atom is 0.258 e. The van der Waals surface area contributed by atoms with Gasteiger partial charge in [-0.2, -0.15) is 0 Å². The smallest absolute Gasteiger partial charge is 0.258 e. The zero-order chi connectivity index (χ0) is 33.3. The number of ether oxygens (including phenoxy) is 1. The first-order chi connectivity index (χ1) is 23.5. The van der Waals surface area contributed by atoms with Gasteiger partial charge in [-0.1, -0.05) is 48.5 Å². The first-order valence-electron chi connectivity index (χ1n) is 16.7. The van der Waals surface area contributed by atoms with Gasteiger partial charge >= 0.3 is 0 Å². The Balaban J connectivity index is 1.16. The van der Waals surface area contributed by atoms with Crippen LogP contribution >= 0.6 is 11.3 Å². The topological polar surface area (TPSA) is 94.2 Å². The Morgan fingerprint density at radius 1 is 0.875 bits per heavy atom. The Morgan fingerprint density at radius 3 is 2.50 bits per heavy atom. The van der Waals surface area contributed by atoms with E-state index in [4.69, 9.17) is 4.74 Å². The van der Waals surface area contributed by atoms with E-state index in [9.17, 15) is 14.4 Å². The van der Waals surface area contributed by atoms with Crippen LogP contribution in [0, 0.1) is 0 Å². The lowest BCUT2D eigenvalue weighted by Crippen LogP contribution is -2.48. The summed E-state index contributed by atoms with van der Waals surface area (Å²) >= 11 is 1.69. The molecule has 1 fully saturated rings. The zero-order valence-electron chi connectivity index (χ0n) is 27.5. The molecule has 0 spiro atoms. The van der Waals surface area contributed by atoms with E-state index < -0.39 is 0 Å².